The Kier molecular flexibility index (Phi) is 6.94. The summed E-state index contributed by atoms with van der Waals surface area (Å²) in [6.45, 7) is 1.36. The molecular weight excluding hydrogens is 450 g/mol. The summed E-state index contributed by atoms with van der Waals surface area (Å²) in [5.74, 6) is 0.738. The molecule has 0 bridgehead atoms. The van der Waals surface area contributed by atoms with Crippen molar-refractivity contribution in [3.05, 3.63) is 84.4 Å². The lowest BCUT2D eigenvalue weighted by Crippen LogP contribution is -2.12. The zero-order chi connectivity index (χ0) is 24.1. The number of hydrogen-bond acceptors (Lipinski definition) is 6. The van der Waals surface area contributed by atoms with Crippen LogP contribution < -0.4 is 19.5 Å². The normalized spacial score (nSPS) is 10.4. The number of hydrogen-bond donors (Lipinski definition) is 1. The molecule has 6 nitrogen and oxygen atoms in total. The van der Waals surface area contributed by atoms with Crippen molar-refractivity contribution in [1.29, 1.82) is 0 Å². The van der Waals surface area contributed by atoms with E-state index in [9.17, 15) is 9.59 Å². The van der Waals surface area contributed by atoms with Crippen LogP contribution in [0.15, 0.2) is 78.9 Å². The van der Waals surface area contributed by atoms with Gasteiger partial charge in [0.25, 0.3) is 5.91 Å². The first kappa shape index (κ1) is 23.1. The van der Waals surface area contributed by atoms with Crippen molar-refractivity contribution >= 4 is 28.9 Å². The van der Waals surface area contributed by atoms with Gasteiger partial charge in [0.2, 0.25) is 0 Å². The highest BCUT2D eigenvalue weighted by Crippen LogP contribution is 2.37. The molecule has 1 heterocycles. The summed E-state index contributed by atoms with van der Waals surface area (Å²) in [5.41, 5.74) is 3.72. The Morgan fingerprint density at radius 2 is 1.65 bits per heavy atom. The highest BCUT2D eigenvalue weighted by atomic mass is 32.1. The van der Waals surface area contributed by atoms with Crippen LogP contribution in [0, 0.1) is 0 Å². The van der Waals surface area contributed by atoms with Crippen LogP contribution in [0.5, 0.6) is 16.6 Å². The Balaban J connectivity index is 1.60. The molecule has 0 spiro atoms. The maximum absolute atomic E-state index is 13.2. The molecule has 0 aliphatic rings. The summed E-state index contributed by atoms with van der Waals surface area (Å²) in [7, 11) is 3.20. The van der Waals surface area contributed by atoms with E-state index in [0.29, 0.717) is 27.8 Å². The van der Waals surface area contributed by atoms with Gasteiger partial charge in [-0.05, 0) is 48.0 Å². The van der Waals surface area contributed by atoms with Crippen LogP contribution in [-0.2, 0) is 4.79 Å². The summed E-state index contributed by atoms with van der Waals surface area (Å²) in [6.07, 6.45) is 0. The number of para-hydroxylation sites is 1. The molecule has 34 heavy (non-hydrogen) atoms. The molecule has 0 aliphatic heterocycles. The third kappa shape index (κ3) is 5.10. The van der Waals surface area contributed by atoms with Crippen LogP contribution in [0.4, 0.5) is 5.69 Å². The minimum Gasteiger partial charge on any atom is -0.497 e. The molecule has 0 saturated carbocycles. The molecule has 172 valence electrons. The van der Waals surface area contributed by atoms with Gasteiger partial charge in [-0.2, -0.15) is 0 Å². The van der Waals surface area contributed by atoms with Crippen molar-refractivity contribution in [2.75, 3.05) is 19.5 Å². The number of esters is 1. The molecule has 0 saturated heterocycles. The van der Waals surface area contributed by atoms with Crippen LogP contribution >= 0.6 is 11.3 Å². The van der Waals surface area contributed by atoms with Gasteiger partial charge in [-0.1, -0.05) is 41.7 Å². The standard InChI is InChI=1S/C27H23NO5S/c1-17(29)33-26-14-13-25(34-26)22-9-4-5-10-23(22)28-27(30)19-8-6-7-18(15-19)21-12-11-20(31-2)16-24(21)32-3/h4-16H,1-3H3,(H,28,30). The number of methoxy groups -OCH3 is 2. The number of anilines is 1. The van der Waals surface area contributed by atoms with Crippen LogP contribution in [0.1, 0.15) is 17.3 Å². The molecule has 0 fully saturated rings. The van der Waals surface area contributed by atoms with Gasteiger partial charge in [0.1, 0.15) is 11.5 Å². The molecule has 3 aromatic carbocycles. The van der Waals surface area contributed by atoms with E-state index in [-0.39, 0.29) is 11.9 Å². The third-order valence-corrected chi connectivity index (χ3v) is 6.11. The Hall–Kier alpha value is -4.10. The van der Waals surface area contributed by atoms with Gasteiger partial charge >= 0.3 is 5.97 Å². The second kappa shape index (κ2) is 10.2. The van der Waals surface area contributed by atoms with Gasteiger partial charge in [-0.3, -0.25) is 9.59 Å². The molecular formula is C27H23NO5S. The molecule has 7 heteroatoms. The summed E-state index contributed by atoms with van der Waals surface area (Å²) in [4.78, 5) is 25.3. The molecule has 0 aliphatic carbocycles. The van der Waals surface area contributed by atoms with E-state index in [0.717, 1.165) is 21.6 Å². The number of amides is 1. The summed E-state index contributed by atoms with van der Waals surface area (Å²) < 4.78 is 16.0. The number of carbonyl (C=O) groups is 2. The number of ether oxygens (including phenoxy) is 3. The van der Waals surface area contributed by atoms with Crippen molar-refractivity contribution in [2.24, 2.45) is 0 Å². The van der Waals surface area contributed by atoms with E-state index in [1.807, 2.05) is 66.7 Å². The van der Waals surface area contributed by atoms with Gasteiger partial charge in [-0.25, -0.2) is 0 Å². The Bertz CT molecular complexity index is 1340. The van der Waals surface area contributed by atoms with E-state index in [1.54, 1.807) is 26.4 Å². The molecule has 4 aromatic rings. The van der Waals surface area contributed by atoms with Gasteiger partial charge in [0.15, 0.2) is 5.06 Å². The molecule has 4 rings (SSSR count). The zero-order valence-corrected chi connectivity index (χ0v) is 19.8. The van der Waals surface area contributed by atoms with Gasteiger partial charge in [0.05, 0.1) is 14.2 Å². The SMILES string of the molecule is COc1ccc(-c2cccc(C(=O)Nc3ccccc3-c3ccc(OC(C)=O)s3)c2)c(OC)c1. The highest BCUT2D eigenvalue weighted by Gasteiger charge is 2.15. The number of benzene rings is 3. The van der Waals surface area contributed by atoms with Crippen molar-refractivity contribution in [2.45, 2.75) is 6.92 Å². The van der Waals surface area contributed by atoms with Crippen LogP contribution in [0.25, 0.3) is 21.6 Å². The van der Waals surface area contributed by atoms with Crippen molar-refractivity contribution < 1.29 is 23.8 Å². The Morgan fingerprint density at radius 3 is 2.41 bits per heavy atom. The first-order chi connectivity index (χ1) is 16.5. The molecule has 0 atom stereocenters. The summed E-state index contributed by atoms with van der Waals surface area (Å²) in [5, 5.41) is 3.51. The fourth-order valence-electron chi connectivity index (χ4n) is 3.53. The fraction of sp³-hybridized carbons (Fsp3) is 0.111. The average Bonchev–Trinajstić information content (AvgIpc) is 3.31. The molecule has 1 aromatic heterocycles. The minimum atomic E-state index is -0.372. The predicted molar refractivity (Wildman–Crippen MR) is 134 cm³/mol. The van der Waals surface area contributed by atoms with E-state index >= 15 is 0 Å². The molecule has 0 unspecified atom stereocenters. The Labute approximate surface area is 201 Å². The minimum absolute atomic E-state index is 0.237. The van der Waals surface area contributed by atoms with Crippen molar-refractivity contribution in [3.63, 3.8) is 0 Å². The van der Waals surface area contributed by atoms with E-state index in [1.165, 1.54) is 18.3 Å². The quantitative estimate of drug-likeness (QED) is 0.320. The second-order valence-electron chi connectivity index (χ2n) is 7.36. The second-order valence-corrected chi connectivity index (χ2v) is 8.41. The van der Waals surface area contributed by atoms with Crippen LogP contribution in [-0.4, -0.2) is 26.1 Å². The van der Waals surface area contributed by atoms with E-state index < -0.39 is 0 Å². The van der Waals surface area contributed by atoms with Crippen molar-refractivity contribution in [1.82, 2.24) is 0 Å². The zero-order valence-electron chi connectivity index (χ0n) is 19.0. The average molecular weight is 474 g/mol. The largest absolute Gasteiger partial charge is 0.497 e. The maximum Gasteiger partial charge on any atom is 0.308 e. The van der Waals surface area contributed by atoms with E-state index in [4.69, 9.17) is 14.2 Å². The van der Waals surface area contributed by atoms with Gasteiger partial charge in [0, 0.05) is 40.2 Å². The van der Waals surface area contributed by atoms with Crippen molar-refractivity contribution in [3.8, 4) is 38.1 Å². The van der Waals surface area contributed by atoms with E-state index in [2.05, 4.69) is 5.32 Å². The summed E-state index contributed by atoms with van der Waals surface area (Å²) >= 11 is 1.34. The van der Waals surface area contributed by atoms with Crippen LogP contribution in [0.3, 0.4) is 0 Å². The first-order valence-electron chi connectivity index (χ1n) is 10.5. The Morgan fingerprint density at radius 1 is 0.824 bits per heavy atom. The predicted octanol–water partition coefficient (Wildman–Crippen LogP) is 6.28. The maximum atomic E-state index is 13.2. The third-order valence-electron chi connectivity index (χ3n) is 5.11. The number of rotatable bonds is 7. The number of nitrogens with one attached hydrogen (secondary N) is 1. The summed E-state index contributed by atoms with van der Waals surface area (Å²) in [6, 6.07) is 24.0. The van der Waals surface area contributed by atoms with Gasteiger partial charge in [-0.15, -0.1) is 0 Å². The topological polar surface area (TPSA) is 73.9 Å². The lowest BCUT2D eigenvalue weighted by atomic mass is 10.0. The molecule has 1 N–H and O–H groups in total. The first-order valence-corrected chi connectivity index (χ1v) is 11.3. The molecule has 1 amide bonds. The van der Waals surface area contributed by atoms with Crippen LogP contribution in [0.2, 0.25) is 0 Å². The smallest absolute Gasteiger partial charge is 0.308 e. The molecule has 0 radical (unpaired) electrons. The monoisotopic (exact) mass is 473 g/mol. The van der Waals surface area contributed by atoms with Gasteiger partial charge < -0.3 is 19.5 Å². The lowest BCUT2D eigenvalue weighted by molar-refractivity contribution is -0.131. The fourth-order valence-corrected chi connectivity index (χ4v) is 4.46. The number of carbonyl (C=O) groups excluding carboxylic acids is 2. The number of thiophene rings is 1. The lowest BCUT2D eigenvalue weighted by Gasteiger charge is -2.13. The highest BCUT2D eigenvalue weighted by molar-refractivity contribution is 7.17.